The molecule has 174 valence electrons. The van der Waals surface area contributed by atoms with Crippen LogP contribution in [0, 0.1) is 0 Å². The topological polar surface area (TPSA) is 53.1 Å². The lowest BCUT2D eigenvalue weighted by Gasteiger charge is -2.36. The molecule has 6 heteroatoms. The molecule has 0 radical (unpaired) electrons. The SMILES string of the molecule is CCOc1ccc(C2=C(N3CCN(CC)CC3)C(=O)N(C3CCCCCCC3)C2=O)cc1. The molecular weight excluding hydrogens is 402 g/mol. The van der Waals surface area contributed by atoms with Crippen LogP contribution in [0.1, 0.15) is 64.4 Å². The van der Waals surface area contributed by atoms with Gasteiger partial charge in [0.15, 0.2) is 0 Å². The quantitative estimate of drug-likeness (QED) is 0.629. The van der Waals surface area contributed by atoms with Crippen molar-refractivity contribution in [3.63, 3.8) is 0 Å². The molecule has 3 aliphatic rings. The van der Waals surface area contributed by atoms with Crippen molar-refractivity contribution in [2.45, 2.75) is 64.8 Å². The zero-order valence-electron chi connectivity index (χ0n) is 19.6. The summed E-state index contributed by atoms with van der Waals surface area (Å²) >= 11 is 0. The molecule has 1 aromatic carbocycles. The van der Waals surface area contributed by atoms with Crippen molar-refractivity contribution < 1.29 is 14.3 Å². The smallest absolute Gasteiger partial charge is 0.278 e. The second-order valence-corrected chi connectivity index (χ2v) is 9.08. The number of carbonyl (C=O) groups excluding carboxylic acids is 2. The fourth-order valence-corrected chi connectivity index (χ4v) is 5.29. The third kappa shape index (κ3) is 4.70. The van der Waals surface area contributed by atoms with E-state index in [2.05, 4.69) is 16.7 Å². The summed E-state index contributed by atoms with van der Waals surface area (Å²) in [6.07, 6.45) is 7.66. The molecule has 0 N–H and O–H groups in total. The Hall–Kier alpha value is -2.34. The Morgan fingerprint density at radius 2 is 1.47 bits per heavy atom. The van der Waals surface area contributed by atoms with Gasteiger partial charge in [0.25, 0.3) is 11.8 Å². The number of likely N-dealkylation sites (N-methyl/N-ethyl adjacent to an activating group) is 1. The number of amides is 2. The highest BCUT2D eigenvalue weighted by molar-refractivity contribution is 6.35. The first-order chi connectivity index (χ1) is 15.6. The van der Waals surface area contributed by atoms with Crippen molar-refractivity contribution in [2.24, 2.45) is 0 Å². The molecule has 2 amide bonds. The van der Waals surface area contributed by atoms with Crippen LogP contribution in [0.25, 0.3) is 5.57 Å². The number of ether oxygens (including phenoxy) is 1. The van der Waals surface area contributed by atoms with Gasteiger partial charge in [-0.1, -0.05) is 51.2 Å². The van der Waals surface area contributed by atoms with E-state index in [1.165, 1.54) is 19.3 Å². The first kappa shape index (κ1) is 22.8. The molecule has 2 heterocycles. The number of imide groups is 1. The number of rotatable bonds is 6. The maximum absolute atomic E-state index is 13.8. The second-order valence-electron chi connectivity index (χ2n) is 9.08. The highest BCUT2D eigenvalue weighted by Gasteiger charge is 2.44. The Labute approximate surface area is 192 Å². The van der Waals surface area contributed by atoms with Crippen molar-refractivity contribution in [3.8, 4) is 5.75 Å². The van der Waals surface area contributed by atoms with Crippen molar-refractivity contribution in [2.75, 3.05) is 39.3 Å². The van der Waals surface area contributed by atoms with Gasteiger partial charge in [-0.15, -0.1) is 0 Å². The van der Waals surface area contributed by atoms with E-state index in [0.29, 0.717) is 17.9 Å². The van der Waals surface area contributed by atoms with Crippen LogP contribution >= 0.6 is 0 Å². The monoisotopic (exact) mass is 439 g/mol. The van der Waals surface area contributed by atoms with E-state index in [0.717, 1.165) is 69.7 Å². The van der Waals surface area contributed by atoms with Gasteiger partial charge in [-0.3, -0.25) is 14.5 Å². The predicted molar refractivity (Wildman–Crippen MR) is 126 cm³/mol. The molecule has 1 saturated heterocycles. The Balaban J connectivity index is 1.67. The second kappa shape index (κ2) is 10.5. The molecule has 6 nitrogen and oxygen atoms in total. The van der Waals surface area contributed by atoms with Gasteiger partial charge >= 0.3 is 0 Å². The highest BCUT2D eigenvalue weighted by Crippen LogP contribution is 2.36. The molecule has 1 saturated carbocycles. The van der Waals surface area contributed by atoms with Crippen molar-refractivity contribution in [3.05, 3.63) is 35.5 Å². The van der Waals surface area contributed by atoms with E-state index in [1.54, 1.807) is 4.90 Å². The van der Waals surface area contributed by atoms with Gasteiger partial charge in [-0.25, -0.2) is 0 Å². The highest BCUT2D eigenvalue weighted by atomic mass is 16.5. The van der Waals surface area contributed by atoms with Crippen molar-refractivity contribution in [1.82, 2.24) is 14.7 Å². The number of piperazine rings is 1. The van der Waals surface area contributed by atoms with Crippen LogP contribution in [0.4, 0.5) is 0 Å². The molecule has 1 aliphatic carbocycles. The number of hydrogen-bond acceptors (Lipinski definition) is 5. The zero-order chi connectivity index (χ0) is 22.5. The van der Waals surface area contributed by atoms with Gasteiger partial charge in [0.05, 0.1) is 12.2 Å². The van der Waals surface area contributed by atoms with Crippen LogP contribution in [0.2, 0.25) is 0 Å². The average molecular weight is 440 g/mol. The standard InChI is InChI=1S/C26H37N3O3/c1-3-27-16-18-28(19-17-27)24-23(20-12-14-22(15-13-20)32-4-2)25(30)29(26(24)31)21-10-8-6-5-7-9-11-21/h12-15,21H,3-11,16-19H2,1-2H3. The van der Waals surface area contributed by atoms with E-state index < -0.39 is 0 Å². The van der Waals surface area contributed by atoms with Gasteiger partial charge in [0.1, 0.15) is 11.4 Å². The minimum Gasteiger partial charge on any atom is -0.494 e. The Morgan fingerprint density at radius 3 is 2.06 bits per heavy atom. The van der Waals surface area contributed by atoms with Crippen LogP contribution in [0.3, 0.4) is 0 Å². The van der Waals surface area contributed by atoms with E-state index in [1.807, 2.05) is 31.2 Å². The summed E-state index contributed by atoms with van der Waals surface area (Å²) in [7, 11) is 0. The average Bonchev–Trinajstić information content (AvgIpc) is 3.05. The molecule has 0 aromatic heterocycles. The van der Waals surface area contributed by atoms with Crippen LogP contribution in [0.15, 0.2) is 30.0 Å². The predicted octanol–water partition coefficient (Wildman–Crippen LogP) is 3.92. The molecule has 2 aliphatic heterocycles. The number of carbonyl (C=O) groups is 2. The van der Waals surface area contributed by atoms with E-state index >= 15 is 0 Å². The molecule has 32 heavy (non-hydrogen) atoms. The zero-order valence-corrected chi connectivity index (χ0v) is 19.6. The van der Waals surface area contributed by atoms with Crippen LogP contribution in [-0.4, -0.2) is 71.9 Å². The molecular formula is C26H37N3O3. The molecule has 1 aromatic rings. The third-order valence-corrected chi connectivity index (χ3v) is 7.12. The summed E-state index contributed by atoms with van der Waals surface area (Å²) in [4.78, 5) is 33.7. The summed E-state index contributed by atoms with van der Waals surface area (Å²) in [6.45, 7) is 9.13. The van der Waals surface area contributed by atoms with Gasteiger partial charge < -0.3 is 14.5 Å². The minimum absolute atomic E-state index is 0.0161. The minimum atomic E-state index is -0.113. The van der Waals surface area contributed by atoms with Crippen LogP contribution < -0.4 is 4.74 Å². The lowest BCUT2D eigenvalue weighted by Crippen LogP contribution is -2.48. The van der Waals surface area contributed by atoms with E-state index in [4.69, 9.17) is 4.74 Å². The molecule has 0 bridgehead atoms. The summed E-state index contributed by atoms with van der Waals surface area (Å²) in [5.41, 5.74) is 2.00. The summed E-state index contributed by atoms with van der Waals surface area (Å²) in [5.74, 6) is 0.579. The first-order valence-electron chi connectivity index (χ1n) is 12.5. The molecule has 0 unspecified atom stereocenters. The number of nitrogens with zero attached hydrogens (tertiary/aromatic N) is 3. The summed E-state index contributed by atoms with van der Waals surface area (Å²) in [6, 6.07) is 7.66. The number of hydrogen-bond donors (Lipinski definition) is 0. The van der Waals surface area contributed by atoms with Crippen molar-refractivity contribution >= 4 is 17.4 Å². The van der Waals surface area contributed by atoms with Crippen molar-refractivity contribution in [1.29, 1.82) is 0 Å². The fraction of sp³-hybridized carbons (Fsp3) is 0.615. The lowest BCUT2D eigenvalue weighted by atomic mass is 9.95. The van der Waals surface area contributed by atoms with Crippen LogP contribution in [-0.2, 0) is 9.59 Å². The Morgan fingerprint density at radius 1 is 0.844 bits per heavy atom. The van der Waals surface area contributed by atoms with Gasteiger partial charge in [0, 0.05) is 32.2 Å². The molecule has 0 atom stereocenters. The maximum atomic E-state index is 13.8. The van der Waals surface area contributed by atoms with E-state index in [9.17, 15) is 9.59 Å². The summed E-state index contributed by atoms with van der Waals surface area (Å²) < 4.78 is 5.59. The largest absolute Gasteiger partial charge is 0.494 e. The van der Waals surface area contributed by atoms with Gasteiger partial charge in [0.2, 0.25) is 0 Å². The maximum Gasteiger partial charge on any atom is 0.278 e. The first-order valence-corrected chi connectivity index (χ1v) is 12.5. The fourth-order valence-electron chi connectivity index (χ4n) is 5.29. The normalized spacial score (nSPS) is 21.8. The number of benzene rings is 1. The Bertz CT molecular complexity index is 832. The third-order valence-electron chi connectivity index (χ3n) is 7.12. The summed E-state index contributed by atoms with van der Waals surface area (Å²) in [5, 5.41) is 0. The Kier molecular flexibility index (Phi) is 7.51. The van der Waals surface area contributed by atoms with Gasteiger partial charge in [-0.05, 0) is 44.0 Å². The van der Waals surface area contributed by atoms with E-state index in [-0.39, 0.29) is 17.9 Å². The molecule has 2 fully saturated rings. The molecule has 4 rings (SSSR count). The lowest BCUT2D eigenvalue weighted by molar-refractivity contribution is -0.140. The van der Waals surface area contributed by atoms with Crippen LogP contribution in [0.5, 0.6) is 5.75 Å². The molecule has 0 spiro atoms. The van der Waals surface area contributed by atoms with Gasteiger partial charge in [-0.2, -0.15) is 0 Å².